The van der Waals surface area contributed by atoms with Crippen LogP contribution in [0.3, 0.4) is 0 Å². The van der Waals surface area contributed by atoms with Gasteiger partial charge in [-0.1, -0.05) is 77.8 Å². The van der Waals surface area contributed by atoms with Crippen molar-refractivity contribution in [3.8, 4) is 5.75 Å². The average molecular weight is 471 g/mol. The molecule has 0 saturated heterocycles. The molecule has 0 heterocycles. The van der Waals surface area contributed by atoms with E-state index in [0.29, 0.717) is 22.2 Å². The number of ether oxygens (including phenoxy) is 1. The Morgan fingerprint density at radius 2 is 1.69 bits per heavy atom. The van der Waals surface area contributed by atoms with Crippen LogP contribution in [0.25, 0.3) is 0 Å². The summed E-state index contributed by atoms with van der Waals surface area (Å²) in [5, 5.41) is 3.71. The first-order chi connectivity index (χ1) is 15.5. The van der Waals surface area contributed by atoms with Crippen molar-refractivity contribution in [3.63, 3.8) is 0 Å². The first-order valence-electron chi connectivity index (χ1n) is 10.1. The smallest absolute Gasteiger partial charge is 0.261 e. The molecule has 7 heteroatoms. The molecule has 0 aliphatic heterocycles. The van der Waals surface area contributed by atoms with Crippen LogP contribution in [0.1, 0.15) is 11.1 Å². The normalized spacial score (nSPS) is 11.5. The lowest BCUT2D eigenvalue weighted by atomic mass is 10.0. The van der Waals surface area contributed by atoms with E-state index in [9.17, 15) is 9.59 Å². The standard InChI is InChI=1S/C25H24Cl2N2O3/c1-28-25(31)23(14-18-8-3-2-4-9-18)29(16-19-10-5-6-13-22(19)27)24(30)17-32-21-12-7-11-20(26)15-21/h2-13,15,23H,14,16-17H2,1H3,(H,28,31). The Bertz CT molecular complexity index is 1060. The monoisotopic (exact) mass is 470 g/mol. The van der Waals surface area contributed by atoms with Crippen LogP contribution in [0.2, 0.25) is 10.0 Å². The lowest BCUT2D eigenvalue weighted by Gasteiger charge is -2.31. The predicted molar refractivity (Wildman–Crippen MR) is 127 cm³/mol. The molecule has 2 amide bonds. The van der Waals surface area contributed by atoms with Gasteiger partial charge in [0.25, 0.3) is 5.91 Å². The number of carbonyl (C=O) groups is 2. The molecule has 1 N–H and O–H groups in total. The number of nitrogens with one attached hydrogen (secondary N) is 1. The fourth-order valence-corrected chi connectivity index (χ4v) is 3.69. The molecule has 0 radical (unpaired) electrons. The van der Waals surface area contributed by atoms with E-state index < -0.39 is 6.04 Å². The number of rotatable bonds is 9. The quantitative estimate of drug-likeness (QED) is 0.490. The average Bonchev–Trinajstić information content (AvgIpc) is 2.81. The predicted octanol–water partition coefficient (Wildman–Crippen LogP) is 4.76. The number of benzene rings is 3. The number of halogens is 2. The van der Waals surface area contributed by atoms with E-state index in [1.54, 1.807) is 37.4 Å². The summed E-state index contributed by atoms with van der Waals surface area (Å²) >= 11 is 12.4. The highest BCUT2D eigenvalue weighted by Crippen LogP contribution is 2.21. The van der Waals surface area contributed by atoms with Gasteiger partial charge < -0.3 is 15.0 Å². The number of carbonyl (C=O) groups excluding carboxylic acids is 2. The molecule has 5 nitrogen and oxygen atoms in total. The topological polar surface area (TPSA) is 58.6 Å². The molecular formula is C25H24Cl2N2O3. The Morgan fingerprint density at radius 1 is 0.969 bits per heavy atom. The van der Waals surface area contributed by atoms with Crippen molar-refractivity contribution in [2.75, 3.05) is 13.7 Å². The first-order valence-corrected chi connectivity index (χ1v) is 10.9. The summed E-state index contributed by atoms with van der Waals surface area (Å²) in [6.45, 7) is -0.0740. The molecule has 0 aromatic heterocycles. The van der Waals surface area contributed by atoms with Crippen molar-refractivity contribution in [2.45, 2.75) is 19.0 Å². The Hall–Kier alpha value is -3.02. The van der Waals surface area contributed by atoms with Gasteiger partial charge in [-0.05, 0) is 35.4 Å². The van der Waals surface area contributed by atoms with Gasteiger partial charge in [-0.15, -0.1) is 0 Å². The van der Waals surface area contributed by atoms with Crippen LogP contribution in [0.4, 0.5) is 0 Å². The second-order valence-corrected chi connectivity index (χ2v) is 8.02. The van der Waals surface area contributed by atoms with Gasteiger partial charge in [-0.25, -0.2) is 0 Å². The fourth-order valence-electron chi connectivity index (χ4n) is 3.32. The zero-order chi connectivity index (χ0) is 22.9. The van der Waals surface area contributed by atoms with Crippen LogP contribution in [0.5, 0.6) is 5.75 Å². The molecule has 32 heavy (non-hydrogen) atoms. The zero-order valence-corrected chi connectivity index (χ0v) is 19.1. The second kappa shape index (κ2) is 11.6. The summed E-state index contributed by atoms with van der Waals surface area (Å²) in [5.74, 6) is -0.130. The van der Waals surface area contributed by atoms with Gasteiger partial charge in [0.2, 0.25) is 5.91 Å². The number of amides is 2. The Labute approximate surface area is 197 Å². The third-order valence-corrected chi connectivity index (χ3v) is 5.58. The Morgan fingerprint density at radius 3 is 2.38 bits per heavy atom. The molecule has 0 fully saturated rings. The lowest BCUT2D eigenvalue weighted by Crippen LogP contribution is -2.51. The molecule has 0 saturated carbocycles. The van der Waals surface area contributed by atoms with Crippen molar-refractivity contribution in [1.29, 1.82) is 0 Å². The minimum absolute atomic E-state index is 0.169. The summed E-state index contributed by atoms with van der Waals surface area (Å²) in [6, 6.07) is 22.9. The summed E-state index contributed by atoms with van der Waals surface area (Å²) < 4.78 is 5.67. The molecule has 0 spiro atoms. The van der Waals surface area contributed by atoms with Crippen LogP contribution >= 0.6 is 23.2 Å². The van der Waals surface area contributed by atoms with Crippen molar-refractivity contribution in [1.82, 2.24) is 10.2 Å². The number of hydrogen-bond donors (Lipinski definition) is 1. The van der Waals surface area contributed by atoms with Gasteiger partial charge in [-0.3, -0.25) is 9.59 Å². The molecule has 0 bridgehead atoms. The van der Waals surface area contributed by atoms with Crippen LogP contribution in [0.15, 0.2) is 78.9 Å². The lowest BCUT2D eigenvalue weighted by molar-refractivity contribution is -0.142. The maximum Gasteiger partial charge on any atom is 0.261 e. The maximum absolute atomic E-state index is 13.3. The zero-order valence-electron chi connectivity index (χ0n) is 17.6. The van der Waals surface area contributed by atoms with Crippen LogP contribution in [-0.2, 0) is 22.6 Å². The van der Waals surface area contributed by atoms with E-state index in [1.165, 1.54) is 4.90 Å². The van der Waals surface area contributed by atoms with E-state index in [-0.39, 0.29) is 25.0 Å². The molecule has 1 atom stereocenters. The van der Waals surface area contributed by atoms with E-state index in [4.69, 9.17) is 27.9 Å². The fraction of sp³-hybridized carbons (Fsp3) is 0.200. The molecule has 0 aliphatic carbocycles. The van der Waals surface area contributed by atoms with E-state index >= 15 is 0 Å². The summed E-state index contributed by atoms with van der Waals surface area (Å²) in [5.41, 5.74) is 1.68. The van der Waals surface area contributed by atoms with Crippen molar-refractivity contribution in [2.24, 2.45) is 0 Å². The van der Waals surface area contributed by atoms with Gasteiger partial charge >= 0.3 is 0 Å². The first kappa shape index (κ1) is 23.6. The van der Waals surface area contributed by atoms with E-state index in [2.05, 4.69) is 5.32 Å². The number of hydrogen-bond acceptors (Lipinski definition) is 3. The number of likely N-dealkylation sites (N-methyl/N-ethyl adjacent to an activating group) is 1. The van der Waals surface area contributed by atoms with Crippen molar-refractivity contribution < 1.29 is 14.3 Å². The molecular weight excluding hydrogens is 447 g/mol. The summed E-state index contributed by atoms with van der Waals surface area (Å²) in [7, 11) is 1.56. The molecule has 0 aliphatic rings. The van der Waals surface area contributed by atoms with E-state index in [0.717, 1.165) is 11.1 Å². The van der Waals surface area contributed by atoms with Crippen LogP contribution in [-0.4, -0.2) is 36.4 Å². The molecule has 166 valence electrons. The molecule has 3 aromatic rings. The molecule has 1 unspecified atom stereocenters. The van der Waals surface area contributed by atoms with Gasteiger partial charge in [0.05, 0.1) is 0 Å². The highest BCUT2D eigenvalue weighted by Gasteiger charge is 2.30. The number of nitrogens with zero attached hydrogens (tertiary/aromatic N) is 1. The Balaban J connectivity index is 1.88. The van der Waals surface area contributed by atoms with Crippen molar-refractivity contribution in [3.05, 3.63) is 100 Å². The highest BCUT2D eigenvalue weighted by molar-refractivity contribution is 6.31. The molecule has 3 rings (SSSR count). The SMILES string of the molecule is CNC(=O)C(Cc1ccccc1)N(Cc1ccccc1Cl)C(=O)COc1cccc(Cl)c1. The summed E-state index contributed by atoms with van der Waals surface area (Å²) in [4.78, 5) is 27.7. The summed E-state index contributed by atoms with van der Waals surface area (Å²) in [6.07, 6.45) is 0.355. The van der Waals surface area contributed by atoms with Crippen molar-refractivity contribution >= 4 is 35.0 Å². The largest absolute Gasteiger partial charge is 0.484 e. The van der Waals surface area contributed by atoms with Crippen LogP contribution in [0, 0.1) is 0 Å². The van der Waals surface area contributed by atoms with Crippen LogP contribution < -0.4 is 10.1 Å². The molecule has 3 aromatic carbocycles. The highest BCUT2D eigenvalue weighted by atomic mass is 35.5. The Kier molecular flexibility index (Phi) is 8.54. The van der Waals surface area contributed by atoms with Gasteiger partial charge in [-0.2, -0.15) is 0 Å². The third-order valence-electron chi connectivity index (χ3n) is 4.97. The van der Waals surface area contributed by atoms with Gasteiger partial charge in [0.1, 0.15) is 11.8 Å². The maximum atomic E-state index is 13.3. The minimum Gasteiger partial charge on any atom is -0.484 e. The minimum atomic E-state index is -0.742. The van der Waals surface area contributed by atoms with Gasteiger partial charge in [0.15, 0.2) is 6.61 Å². The van der Waals surface area contributed by atoms with Gasteiger partial charge in [0, 0.05) is 30.1 Å². The third kappa shape index (κ3) is 6.49. The second-order valence-electron chi connectivity index (χ2n) is 7.18. The van der Waals surface area contributed by atoms with E-state index in [1.807, 2.05) is 48.5 Å².